The SMILES string of the molecule is O=C(CC1CNCC(c2ccccc2)C1)N1CCC2=C(C1)C(c1ccncc1)=NC2. The molecule has 5 heteroatoms. The molecule has 0 radical (unpaired) electrons. The minimum atomic E-state index is 0.281. The summed E-state index contributed by atoms with van der Waals surface area (Å²) in [6.07, 6.45) is 6.26. The average molecular weight is 401 g/mol. The first-order valence-corrected chi connectivity index (χ1v) is 11.0. The predicted molar refractivity (Wildman–Crippen MR) is 119 cm³/mol. The number of carbonyl (C=O) groups is 1. The summed E-state index contributed by atoms with van der Waals surface area (Å²) in [4.78, 5) is 24.1. The van der Waals surface area contributed by atoms with Crippen LogP contribution in [0.5, 0.6) is 0 Å². The Morgan fingerprint density at radius 2 is 1.93 bits per heavy atom. The molecule has 2 atom stereocenters. The van der Waals surface area contributed by atoms with Gasteiger partial charge in [0.2, 0.25) is 5.91 Å². The molecule has 154 valence electrons. The molecule has 0 aliphatic carbocycles. The molecule has 5 rings (SSSR count). The number of aliphatic imine (C=N–C) groups is 1. The van der Waals surface area contributed by atoms with E-state index >= 15 is 0 Å². The number of carbonyl (C=O) groups excluding carboxylic acids is 1. The summed E-state index contributed by atoms with van der Waals surface area (Å²) in [6.45, 7) is 4.22. The van der Waals surface area contributed by atoms with Crippen molar-refractivity contribution < 1.29 is 4.79 Å². The van der Waals surface area contributed by atoms with Crippen LogP contribution in [0.4, 0.5) is 0 Å². The lowest BCUT2D eigenvalue weighted by molar-refractivity contribution is -0.132. The Kier molecular flexibility index (Phi) is 5.45. The number of hydrogen-bond donors (Lipinski definition) is 1. The van der Waals surface area contributed by atoms with Crippen molar-refractivity contribution in [3.05, 3.63) is 77.1 Å². The number of rotatable bonds is 4. The molecular formula is C25H28N4O. The van der Waals surface area contributed by atoms with Crippen molar-refractivity contribution in [3.8, 4) is 0 Å². The minimum Gasteiger partial charge on any atom is -0.338 e. The van der Waals surface area contributed by atoms with E-state index in [1.54, 1.807) is 12.4 Å². The van der Waals surface area contributed by atoms with E-state index in [1.165, 1.54) is 16.7 Å². The van der Waals surface area contributed by atoms with Gasteiger partial charge in [0.05, 0.1) is 12.3 Å². The van der Waals surface area contributed by atoms with Gasteiger partial charge < -0.3 is 10.2 Å². The van der Waals surface area contributed by atoms with Crippen molar-refractivity contribution in [3.63, 3.8) is 0 Å². The van der Waals surface area contributed by atoms with Crippen LogP contribution in [0.2, 0.25) is 0 Å². The summed E-state index contributed by atoms with van der Waals surface area (Å²) in [6, 6.07) is 14.7. The van der Waals surface area contributed by atoms with E-state index in [-0.39, 0.29) is 5.91 Å². The largest absolute Gasteiger partial charge is 0.338 e. The second-order valence-electron chi connectivity index (χ2n) is 8.62. The van der Waals surface area contributed by atoms with Gasteiger partial charge in [-0.15, -0.1) is 0 Å². The number of benzene rings is 1. The fraction of sp³-hybridized carbons (Fsp3) is 0.400. The van der Waals surface area contributed by atoms with Gasteiger partial charge in [-0.3, -0.25) is 14.8 Å². The number of aromatic nitrogens is 1. The highest BCUT2D eigenvalue weighted by atomic mass is 16.2. The molecule has 3 aliphatic rings. The van der Waals surface area contributed by atoms with Crippen LogP contribution in [0.25, 0.3) is 0 Å². The van der Waals surface area contributed by atoms with E-state index in [4.69, 9.17) is 4.99 Å². The maximum Gasteiger partial charge on any atom is 0.223 e. The van der Waals surface area contributed by atoms with E-state index in [2.05, 4.69) is 40.6 Å². The van der Waals surface area contributed by atoms with Gasteiger partial charge in [0.15, 0.2) is 0 Å². The first-order chi connectivity index (χ1) is 14.8. The zero-order valence-corrected chi connectivity index (χ0v) is 17.3. The first-order valence-electron chi connectivity index (χ1n) is 11.0. The van der Waals surface area contributed by atoms with Crippen molar-refractivity contribution in [2.45, 2.75) is 25.2 Å². The highest BCUT2D eigenvalue weighted by Gasteiger charge is 2.31. The van der Waals surface area contributed by atoms with E-state index in [0.29, 0.717) is 24.8 Å². The standard InChI is InChI=1S/C25H28N4O/c30-24(13-18-12-22(15-27-14-18)19-4-2-1-3-5-19)29-11-8-21-16-28-25(23(21)17-29)20-6-9-26-10-7-20/h1-7,9-10,18,22,27H,8,11-17H2. The molecule has 4 heterocycles. The zero-order valence-electron chi connectivity index (χ0n) is 17.3. The highest BCUT2D eigenvalue weighted by Crippen LogP contribution is 2.31. The molecule has 2 aromatic rings. The Hall–Kier alpha value is -2.79. The van der Waals surface area contributed by atoms with Crippen LogP contribution >= 0.6 is 0 Å². The van der Waals surface area contributed by atoms with Gasteiger partial charge >= 0.3 is 0 Å². The summed E-state index contributed by atoms with van der Waals surface area (Å²) in [5.41, 5.74) is 6.18. The molecule has 2 unspecified atom stereocenters. The maximum atomic E-state index is 13.2. The first kappa shape index (κ1) is 19.2. The Bertz CT molecular complexity index is 967. The van der Waals surface area contributed by atoms with Crippen LogP contribution < -0.4 is 5.32 Å². The Morgan fingerprint density at radius 3 is 2.77 bits per heavy atom. The molecule has 1 aromatic heterocycles. The molecule has 30 heavy (non-hydrogen) atoms. The van der Waals surface area contributed by atoms with Crippen LogP contribution in [0.15, 0.2) is 71.0 Å². The Labute approximate surface area is 177 Å². The van der Waals surface area contributed by atoms with Crippen molar-refractivity contribution in [1.82, 2.24) is 15.2 Å². The van der Waals surface area contributed by atoms with Gasteiger partial charge in [-0.1, -0.05) is 30.3 Å². The third-order valence-corrected chi connectivity index (χ3v) is 6.66. The van der Waals surface area contributed by atoms with Crippen molar-refractivity contribution in [2.24, 2.45) is 10.9 Å². The molecule has 1 N–H and O–H groups in total. The van der Waals surface area contributed by atoms with Gasteiger partial charge in [0.1, 0.15) is 0 Å². The molecular weight excluding hydrogens is 372 g/mol. The Balaban J connectivity index is 1.23. The quantitative estimate of drug-likeness (QED) is 0.858. The Morgan fingerprint density at radius 1 is 1.10 bits per heavy atom. The second kappa shape index (κ2) is 8.52. The third-order valence-electron chi connectivity index (χ3n) is 6.66. The summed E-state index contributed by atoms with van der Waals surface area (Å²) in [7, 11) is 0. The molecule has 1 aromatic carbocycles. The molecule has 5 nitrogen and oxygen atoms in total. The predicted octanol–water partition coefficient (Wildman–Crippen LogP) is 3.20. The lowest BCUT2D eigenvalue weighted by atomic mass is 9.83. The topological polar surface area (TPSA) is 57.6 Å². The summed E-state index contributed by atoms with van der Waals surface area (Å²) in [5, 5.41) is 3.55. The van der Waals surface area contributed by atoms with Crippen LogP contribution in [0, 0.1) is 5.92 Å². The molecule has 0 saturated carbocycles. The van der Waals surface area contributed by atoms with Gasteiger partial charge in [-0.25, -0.2) is 0 Å². The second-order valence-corrected chi connectivity index (χ2v) is 8.62. The van der Waals surface area contributed by atoms with Crippen molar-refractivity contribution in [2.75, 3.05) is 32.7 Å². The van der Waals surface area contributed by atoms with Gasteiger partial charge in [0.25, 0.3) is 0 Å². The van der Waals surface area contributed by atoms with E-state index < -0.39 is 0 Å². The van der Waals surface area contributed by atoms with E-state index in [9.17, 15) is 4.79 Å². The van der Waals surface area contributed by atoms with E-state index in [1.807, 2.05) is 17.0 Å². The molecule has 1 saturated heterocycles. The molecule has 1 amide bonds. The van der Waals surface area contributed by atoms with Gasteiger partial charge in [-0.2, -0.15) is 0 Å². The van der Waals surface area contributed by atoms with Crippen molar-refractivity contribution in [1.29, 1.82) is 0 Å². The lowest BCUT2D eigenvalue weighted by Gasteiger charge is -2.33. The van der Waals surface area contributed by atoms with Gasteiger partial charge in [0, 0.05) is 44.0 Å². The van der Waals surface area contributed by atoms with E-state index in [0.717, 1.165) is 50.3 Å². The number of amides is 1. The normalized spacial score (nSPS) is 23.9. The summed E-state index contributed by atoms with van der Waals surface area (Å²) in [5.74, 6) is 1.17. The maximum absolute atomic E-state index is 13.2. The minimum absolute atomic E-state index is 0.281. The monoisotopic (exact) mass is 400 g/mol. The molecule has 0 bridgehead atoms. The average Bonchev–Trinajstić information content (AvgIpc) is 3.24. The fourth-order valence-corrected chi connectivity index (χ4v) is 5.02. The van der Waals surface area contributed by atoms with Crippen LogP contribution in [-0.2, 0) is 4.79 Å². The number of hydrogen-bond acceptors (Lipinski definition) is 4. The van der Waals surface area contributed by atoms with Crippen LogP contribution in [-0.4, -0.2) is 54.2 Å². The van der Waals surface area contributed by atoms with Crippen LogP contribution in [0.1, 0.15) is 36.3 Å². The fourth-order valence-electron chi connectivity index (χ4n) is 5.02. The van der Waals surface area contributed by atoms with Gasteiger partial charge in [-0.05, 0) is 60.1 Å². The molecule has 3 aliphatic heterocycles. The number of piperidine rings is 1. The zero-order chi connectivity index (χ0) is 20.3. The molecule has 0 spiro atoms. The number of pyridine rings is 1. The highest BCUT2D eigenvalue weighted by molar-refractivity contribution is 6.15. The third kappa shape index (κ3) is 3.94. The van der Waals surface area contributed by atoms with Crippen molar-refractivity contribution >= 4 is 11.6 Å². The van der Waals surface area contributed by atoms with Crippen LogP contribution in [0.3, 0.4) is 0 Å². The lowest BCUT2D eigenvalue weighted by Crippen LogP contribution is -2.42. The summed E-state index contributed by atoms with van der Waals surface area (Å²) >= 11 is 0. The smallest absolute Gasteiger partial charge is 0.223 e. The number of nitrogens with zero attached hydrogens (tertiary/aromatic N) is 3. The molecule has 1 fully saturated rings. The number of nitrogens with one attached hydrogen (secondary N) is 1. The summed E-state index contributed by atoms with van der Waals surface area (Å²) < 4.78 is 0.